The summed E-state index contributed by atoms with van der Waals surface area (Å²) in [6.45, 7) is 1.69. The average Bonchev–Trinajstić information content (AvgIpc) is 2.15. The summed E-state index contributed by atoms with van der Waals surface area (Å²) in [5.74, 6) is -0.505. The number of carboxylic acid groups (broad SMARTS) is 1. The molecule has 0 saturated carbocycles. The maximum atomic E-state index is 11.6. The minimum atomic E-state index is -3.03. The Morgan fingerprint density at radius 3 is 2.25 bits per heavy atom. The van der Waals surface area contributed by atoms with Crippen LogP contribution in [0, 0.1) is 0 Å². The number of carbonyl (C=O) groups excluding carboxylic acids is 1. The van der Waals surface area contributed by atoms with Crippen molar-refractivity contribution in [1.82, 2.24) is 10.2 Å². The quantitative estimate of drug-likeness (QED) is 0.647. The Balaban J connectivity index is 2.53. The molecule has 1 aliphatic heterocycles. The Morgan fingerprint density at radius 2 is 1.81 bits per heavy atom. The Labute approximate surface area is 93.3 Å². The van der Waals surface area contributed by atoms with Gasteiger partial charge < -0.3 is 15.3 Å². The molecule has 1 aliphatic rings. The molecule has 0 radical (unpaired) electrons. The van der Waals surface area contributed by atoms with Gasteiger partial charge in [0.05, 0.1) is 11.5 Å². The summed E-state index contributed by atoms with van der Waals surface area (Å²) in [4.78, 5) is 23.3. The number of nitrogens with one attached hydrogen (secondary N) is 1. The average molecular weight is 250 g/mol. The van der Waals surface area contributed by atoms with E-state index in [4.69, 9.17) is 5.11 Å². The zero-order chi connectivity index (χ0) is 12.3. The second kappa shape index (κ2) is 4.69. The lowest BCUT2D eigenvalue weighted by molar-refractivity contribution is -0.132. The smallest absolute Gasteiger partial charge is 0.405 e. The van der Waals surface area contributed by atoms with Crippen LogP contribution in [0.2, 0.25) is 0 Å². The summed E-state index contributed by atoms with van der Waals surface area (Å²) in [5.41, 5.74) is 0. The van der Waals surface area contributed by atoms with Crippen molar-refractivity contribution in [2.24, 2.45) is 0 Å². The third-order valence-corrected chi connectivity index (χ3v) is 3.98. The number of nitrogens with zero attached hydrogens (tertiary/aromatic N) is 1. The highest BCUT2D eigenvalue weighted by Gasteiger charge is 2.28. The first-order chi connectivity index (χ1) is 7.32. The SMILES string of the molecule is CC(NC(=O)O)C(=O)N1CCS(=O)(=O)CC1. The minimum absolute atomic E-state index is 0.0570. The van der Waals surface area contributed by atoms with E-state index in [0.717, 1.165) is 0 Å². The second-order valence-electron chi connectivity index (χ2n) is 3.65. The molecule has 0 aromatic heterocycles. The van der Waals surface area contributed by atoms with Gasteiger partial charge in [0.2, 0.25) is 5.91 Å². The lowest BCUT2D eigenvalue weighted by atomic mass is 10.3. The van der Waals surface area contributed by atoms with Gasteiger partial charge in [-0.05, 0) is 6.92 Å². The van der Waals surface area contributed by atoms with Crippen LogP contribution in [0.4, 0.5) is 4.79 Å². The van der Waals surface area contributed by atoms with E-state index in [9.17, 15) is 18.0 Å². The molecule has 1 rings (SSSR count). The largest absolute Gasteiger partial charge is 0.465 e. The molecule has 1 unspecified atom stereocenters. The summed E-state index contributed by atoms with van der Waals surface area (Å²) in [5, 5.41) is 10.5. The molecule has 7 nitrogen and oxygen atoms in total. The lowest BCUT2D eigenvalue weighted by Gasteiger charge is -2.28. The van der Waals surface area contributed by atoms with E-state index >= 15 is 0 Å². The Kier molecular flexibility index (Phi) is 3.74. The molecule has 0 aromatic carbocycles. The molecule has 16 heavy (non-hydrogen) atoms. The van der Waals surface area contributed by atoms with Crippen LogP contribution < -0.4 is 5.32 Å². The van der Waals surface area contributed by atoms with Crippen molar-refractivity contribution in [3.63, 3.8) is 0 Å². The summed E-state index contributed by atoms with van der Waals surface area (Å²) in [6, 6.07) is -0.849. The maximum absolute atomic E-state index is 11.6. The van der Waals surface area contributed by atoms with Gasteiger partial charge in [-0.3, -0.25) is 4.79 Å². The van der Waals surface area contributed by atoms with Gasteiger partial charge in [0.25, 0.3) is 0 Å². The van der Waals surface area contributed by atoms with Gasteiger partial charge in [0, 0.05) is 13.1 Å². The predicted molar refractivity (Wildman–Crippen MR) is 55.9 cm³/mol. The fourth-order valence-corrected chi connectivity index (χ4v) is 2.65. The highest BCUT2D eigenvalue weighted by atomic mass is 32.2. The van der Waals surface area contributed by atoms with E-state index in [1.54, 1.807) is 0 Å². The van der Waals surface area contributed by atoms with Crippen molar-refractivity contribution in [2.45, 2.75) is 13.0 Å². The highest BCUT2D eigenvalue weighted by molar-refractivity contribution is 7.91. The minimum Gasteiger partial charge on any atom is -0.465 e. The van der Waals surface area contributed by atoms with Crippen molar-refractivity contribution in [3.8, 4) is 0 Å². The monoisotopic (exact) mass is 250 g/mol. The lowest BCUT2D eigenvalue weighted by Crippen LogP contribution is -2.51. The fourth-order valence-electron chi connectivity index (χ4n) is 1.45. The van der Waals surface area contributed by atoms with Crippen LogP contribution in [0.25, 0.3) is 0 Å². The van der Waals surface area contributed by atoms with Gasteiger partial charge in [-0.1, -0.05) is 0 Å². The third kappa shape index (κ3) is 3.37. The first-order valence-corrected chi connectivity index (χ1v) is 6.62. The molecule has 0 bridgehead atoms. The van der Waals surface area contributed by atoms with E-state index in [-0.39, 0.29) is 24.6 Å². The summed E-state index contributed by atoms with van der Waals surface area (Å²) in [7, 11) is -3.03. The van der Waals surface area contributed by atoms with Crippen LogP contribution in [-0.2, 0) is 14.6 Å². The number of carbonyl (C=O) groups is 2. The summed E-state index contributed by atoms with van der Waals surface area (Å²) in [6.07, 6.45) is -1.27. The normalized spacial score (nSPS) is 21.2. The van der Waals surface area contributed by atoms with Crippen LogP contribution in [0.5, 0.6) is 0 Å². The Morgan fingerprint density at radius 1 is 1.31 bits per heavy atom. The molecular formula is C8H14N2O5S. The molecule has 2 N–H and O–H groups in total. The molecule has 92 valence electrons. The summed E-state index contributed by atoms with van der Waals surface area (Å²) >= 11 is 0. The molecule has 1 atom stereocenters. The molecule has 1 heterocycles. The van der Waals surface area contributed by atoms with Crippen LogP contribution >= 0.6 is 0 Å². The fraction of sp³-hybridized carbons (Fsp3) is 0.750. The van der Waals surface area contributed by atoms with Gasteiger partial charge in [-0.2, -0.15) is 0 Å². The van der Waals surface area contributed by atoms with Crippen molar-refractivity contribution in [3.05, 3.63) is 0 Å². The predicted octanol–water partition coefficient (Wildman–Crippen LogP) is -1.10. The topological polar surface area (TPSA) is 104 Å². The van der Waals surface area contributed by atoms with E-state index in [0.29, 0.717) is 0 Å². The molecule has 1 fully saturated rings. The number of hydrogen-bond acceptors (Lipinski definition) is 4. The van der Waals surface area contributed by atoms with E-state index in [2.05, 4.69) is 0 Å². The van der Waals surface area contributed by atoms with Crippen LogP contribution in [0.15, 0.2) is 0 Å². The van der Waals surface area contributed by atoms with Crippen LogP contribution in [-0.4, -0.2) is 61.1 Å². The van der Waals surface area contributed by atoms with Crippen molar-refractivity contribution in [2.75, 3.05) is 24.6 Å². The number of sulfone groups is 1. The number of rotatable bonds is 2. The Hall–Kier alpha value is -1.31. The van der Waals surface area contributed by atoms with Crippen LogP contribution in [0.1, 0.15) is 6.92 Å². The van der Waals surface area contributed by atoms with Gasteiger partial charge >= 0.3 is 6.09 Å². The zero-order valence-electron chi connectivity index (χ0n) is 8.84. The van der Waals surface area contributed by atoms with Crippen LogP contribution in [0.3, 0.4) is 0 Å². The zero-order valence-corrected chi connectivity index (χ0v) is 9.66. The molecule has 8 heteroatoms. The second-order valence-corrected chi connectivity index (χ2v) is 5.95. The van der Waals surface area contributed by atoms with Gasteiger partial charge in [-0.25, -0.2) is 13.2 Å². The molecular weight excluding hydrogens is 236 g/mol. The molecule has 0 aliphatic carbocycles. The van der Waals surface area contributed by atoms with E-state index < -0.39 is 27.9 Å². The van der Waals surface area contributed by atoms with Gasteiger partial charge in [0.1, 0.15) is 6.04 Å². The van der Waals surface area contributed by atoms with E-state index in [1.807, 2.05) is 5.32 Å². The molecule has 1 saturated heterocycles. The van der Waals surface area contributed by atoms with Gasteiger partial charge in [-0.15, -0.1) is 0 Å². The summed E-state index contributed by atoms with van der Waals surface area (Å²) < 4.78 is 22.2. The van der Waals surface area contributed by atoms with Crippen molar-refractivity contribution in [1.29, 1.82) is 0 Å². The Bertz CT molecular complexity index is 377. The molecule has 0 aromatic rings. The third-order valence-electron chi connectivity index (χ3n) is 2.37. The molecule has 2 amide bonds. The standard InChI is InChI=1S/C8H14N2O5S/c1-6(9-8(12)13)7(11)10-2-4-16(14,15)5-3-10/h6,9H,2-5H2,1H3,(H,12,13). The number of amides is 2. The first-order valence-electron chi connectivity index (χ1n) is 4.80. The van der Waals surface area contributed by atoms with Crippen molar-refractivity contribution >= 4 is 21.8 Å². The van der Waals surface area contributed by atoms with E-state index in [1.165, 1.54) is 11.8 Å². The maximum Gasteiger partial charge on any atom is 0.405 e. The number of hydrogen-bond donors (Lipinski definition) is 2. The molecule has 0 spiro atoms. The van der Waals surface area contributed by atoms with Gasteiger partial charge in [0.15, 0.2) is 9.84 Å². The van der Waals surface area contributed by atoms with Crippen molar-refractivity contribution < 1.29 is 23.1 Å². The highest BCUT2D eigenvalue weighted by Crippen LogP contribution is 2.05. The first kappa shape index (κ1) is 12.8.